The Labute approximate surface area is 128 Å². The largest absolute Gasteiger partial charge is 0.493 e. The van der Waals surface area contributed by atoms with Gasteiger partial charge in [-0.25, -0.2) is 0 Å². The van der Waals surface area contributed by atoms with Crippen LogP contribution >= 0.6 is 27.5 Å². The van der Waals surface area contributed by atoms with Crippen molar-refractivity contribution in [1.82, 2.24) is 0 Å². The molecular formula is C16H20BrClO. The monoisotopic (exact) mass is 342 g/mol. The van der Waals surface area contributed by atoms with E-state index in [1.54, 1.807) is 0 Å². The Kier molecular flexibility index (Phi) is 4.09. The third-order valence-corrected chi connectivity index (χ3v) is 5.60. The van der Waals surface area contributed by atoms with Crippen LogP contribution in [0.15, 0.2) is 16.6 Å². The molecule has 0 saturated heterocycles. The van der Waals surface area contributed by atoms with E-state index in [0.717, 1.165) is 29.2 Å². The van der Waals surface area contributed by atoms with Gasteiger partial charge in [0.05, 0.1) is 12.0 Å². The Morgan fingerprint density at radius 3 is 2.74 bits per heavy atom. The number of hydrogen-bond acceptors (Lipinski definition) is 1. The highest BCUT2D eigenvalue weighted by molar-refractivity contribution is 9.10. The number of ether oxygens (including phenoxy) is 1. The molecule has 104 valence electrons. The van der Waals surface area contributed by atoms with Gasteiger partial charge in [-0.15, -0.1) is 11.6 Å². The molecule has 2 aliphatic rings. The Bertz CT molecular complexity index is 466. The standard InChI is InChI=1S/C16H20BrClO/c1-10-2-4-11(5-3-10)15(18)14-9-13(17)8-12-6-7-19-16(12)14/h8-11,15H,2-7H2,1H3. The van der Waals surface area contributed by atoms with E-state index in [0.29, 0.717) is 5.92 Å². The second-order valence-corrected chi connectivity index (χ2v) is 7.39. The normalized spacial score (nSPS) is 27.7. The van der Waals surface area contributed by atoms with Gasteiger partial charge < -0.3 is 4.74 Å². The fourth-order valence-electron chi connectivity index (χ4n) is 3.34. The molecule has 3 heteroatoms. The summed E-state index contributed by atoms with van der Waals surface area (Å²) in [5.41, 5.74) is 2.50. The number of benzene rings is 1. The van der Waals surface area contributed by atoms with Gasteiger partial charge in [0.2, 0.25) is 0 Å². The van der Waals surface area contributed by atoms with Crippen LogP contribution in [0.1, 0.15) is 49.1 Å². The summed E-state index contributed by atoms with van der Waals surface area (Å²) in [5, 5.41) is 0.0943. The van der Waals surface area contributed by atoms with Gasteiger partial charge in [0, 0.05) is 16.5 Å². The zero-order valence-electron chi connectivity index (χ0n) is 11.3. The van der Waals surface area contributed by atoms with Gasteiger partial charge in [0.25, 0.3) is 0 Å². The topological polar surface area (TPSA) is 9.23 Å². The molecule has 0 aromatic heterocycles. The molecule has 0 bridgehead atoms. The zero-order valence-corrected chi connectivity index (χ0v) is 13.6. The predicted octanol–water partition coefficient (Wildman–Crippen LogP) is 5.49. The molecule has 1 aliphatic carbocycles. The number of alkyl halides is 1. The summed E-state index contributed by atoms with van der Waals surface area (Å²) in [6, 6.07) is 4.32. The molecule has 0 amide bonds. The van der Waals surface area contributed by atoms with Crippen molar-refractivity contribution < 1.29 is 4.74 Å². The number of hydrogen-bond donors (Lipinski definition) is 0. The van der Waals surface area contributed by atoms with Crippen molar-refractivity contribution in [2.24, 2.45) is 11.8 Å². The van der Waals surface area contributed by atoms with Crippen LogP contribution in [0, 0.1) is 11.8 Å². The van der Waals surface area contributed by atoms with Crippen molar-refractivity contribution in [2.75, 3.05) is 6.61 Å². The minimum Gasteiger partial charge on any atom is -0.493 e. The van der Waals surface area contributed by atoms with Gasteiger partial charge in [-0.3, -0.25) is 0 Å². The van der Waals surface area contributed by atoms with Crippen molar-refractivity contribution in [3.63, 3.8) is 0 Å². The average molecular weight is 344 g/mol. The van der Waals surface area contributed by atoms with E-state index < -0.39 is 0 Å². The molecule has 1 aromatic rings. The Morgan fingerprint density at radius 1 is 1.26 bits per heavy atom. The highest BCUT2D eigenvalue weighted by atomic mass is 79.9. The molecular weight excluding hydrogens is 324 g/mol. The van der Waals surface area contributed by atoms with Gasteiger partial charge in [0.1, 0.15) is 5.75 Å². The van der Waals surface area contributed by atoms with Crippen LogP contribution in [-0.4, -0.2) is 6.61 Å². The van der Waals surface area contributed by atoms with E-state index in [4.69, 9.17) is 16.3 Å². The average Bonchev–Trinajstić information content (AvgIpc) is 2.85. The minimum absolute atomic E-state index is 0.0943. The maximum atomic E-state index is 6.79. The zero-order chi connectivity index (χ0) is 13.4. The van der Waals surface area contributed by atoms with Gasteiger partial charge in [-0.2, -0.15) is 0 Å². The van der Waals surface area contributed by atoms with E-state index in [-0.39, 0.29) is 5.38 Å². The summed E-state index contributed by atoms with van der Waals surface area (Å²) in [5.74, 6) is 2.52. The van der Waals surface area contributed by atoms with Gasteiger partial charge >= 0.3 is 0 Å². The Hall–Kier alpha value is -0.210. The quantitative estimate of drug-likeness (QED) is 0.645. The van der Waals surface area contributed by atoms with Crippen molar-refractivity contribution in [2.45, 2.75) is 44.4 Å². The lowest BCUT2D eigenvalue weighted by Crippen LogP contribution is -2.17. The minimum atomic E-state index is 0.0943. The molecule has 3 rings (SSSR count). The van der Waals surface area contributed by atoms with Crippen molar-refractivity contribution >= 4 is 27.5 Å². The molecule has 0 spiro atoms. The molecule has 1 atom stereocenters. The van der Waals surface area contributed by atoms with Crippen molar-refractivity contribution in [1.29, 1.82) is 0 Å². The van der Waals surface area contributed by atoms with Gasteiger partial charge in [-0.05, 0) is 42.4 Å². The molecule has 1 unspecified atom stereocenters. The third kappa shape index (κ3) is 2.80. The highest BCUT2D eigenvalue weighted by Crippen LogP contribution is 2.46. The van der Waals surface area contributed by atoms with E-state index in [9.17, 15) is 0 Å². The summed E-state index contributed by atoms with van der Waals surface area (Å²) >= 11 is 10.4. The summed E-state index contributed by atoms with van der Waals surface area (Å²) in [6.45, 7) is 3.14. The molecule has 1 nitrogen and oxygen atoms in total. The molecule has 1 saturated carbocycles. The SMILES string of the molecule is CC1CCC(C(Cl)c2cc(Br)cc3c2OCC3)CC1. The van der Waals surface area contributed by atoms with Crippen LogP contribution in [0.5, 0.6) is 5.75 Å². The summed E-state index contributed by atoms with van der Waals surface area (Å²) in [6.07, 6.45) is 6.12. The maximum absolute atomic E-state index is 6.79. The molecule has 1 fully saturated rings. The molecule has 1 aliphatic heterocycles. The first-order valence-corrected chi connectivity index (χ1v) is 8.47. The Morgan fingerprint density at radius 2 is 2.00 bits per heavy atom. The van der Waals surface area contributed by atoms with Crippen LogP contribution < -0.4 is 4.74 Å². The molecule has 1 heterocycles. The van der Waals surface area contributed by atoms with Gasteiger partial charge in [0.15, 0.2) is 0 Å². The fraction of sp³-hybridized carbons (Fsp3) is 0.625. The van der Waals surface area contributed by atoms with Crippen molar-refractivity contribution in [3.8, 4) is 5.75 Å². The smallest absolute Gasteiger partial charge is 0.127 e. The van der Waals surface area contributed by atoms with Crippen LogP contribution in [0.2, 0.25) is 0 Å². The first-order valence-electron chi connectivity index (χ1n) is 7.24. The summed E-state index contributed by atoms with van der Waals surface area (Å²) in [4.78, 5) is 0. The lowest BCUT2D eigenvalue weighted by molar-refractivity contribution is 0.279. The fourth-order valence-corrected chi connectivity index (χ4v) is 4.27. The number of rotatable bonds is 2. The maximum Gasteiger partial charge on any atom is 0.127 e. The first kappa shape index (κ1) is 13.8. The molecule has 0 radical (unpaired) electrons. The van der Waals surface area contributed by atoms with Gasteiger partial charge in [-0.1, -0.05) is 35.7 Å². The van der Waals surface area contributed by atoms with Crippen LogP contribution in [0.3, 0.4) is 0 Å². The number of fused-ring (bicyclic) bond motifs is 1. The van der Waals surface area contributed by atoms with Crippen LogP contribution in [0.25, 0.3) is 0 Å². The van der Waals surface area contributed by atoms with Crippen LogP contribution in [0.4, 0.5) is 0 Å². The predicted molar refractivity (Wildman–Crippen MR) is 83.1 cm³/mol. The third-order valence-electron chi connectivity index (χ3n) is 4.55. The van der Waals surface area contributed by atoms with E-state index in [2.05, 4.69) is 35.0 Å². The Balaban J connectivity index is 1.85. The molecule has 0 N–H and O–H groups in total. The summed E-state index contributed by atoms with van der Waals surface area (Å²) in [7, 11) is 0. The molecule has 1 aromatic carbocycles. The van der Waals surface area contributed by atoms with E-state index in [1.165, 1.54) is 36.8 Å². The number of halogens is 2. The van der Waals surface area contributed by atoms with Crippen LogP contribution in [-0.2, 0) is 6.42 Å². The molecule has 19 heavy (non-hydrogen) atoms. The second kappa shape index (κ2) is 5.65. The van der Waals surface area contributed by atoms with Crippen molar-refractivity contribution in [3.05, 3.63) is 27.7 Å². The lowest BCUT2D eigenvalue weighted by atomic mass is 9.79. The van der Waals surface area contributed by atoms with E-state index >= 15 is 0 Å². The lowest BCUT2D eigenvalue weighted by Gasteiger charge is -2.30. The highest BCUT2D eigenvalue weighted by Gasteiger charge is 2.30. The first-order chi connectivity index (χ1) is 9.15. The second-order valence-electron chi connectivity index (χ2n) is 6.00. The van der Waals surface area contributed by atoms with E-state index in [1.807, 2.05) is 0 Å². The summed E-state index contributed by atoms with van der Waals surface area (Å²) < 4.78 is 6.94.